The van der Waals surface area contributed by atoms with Gasteiger partial charge in [0.2, 0.25) is 5.95 Å². The fourth-order valence-corrected chi connectivity index (χ4v) is 2.57. The maximum absolute atomic E-state index is 11.5. The number of benzene rings is 2. The van der Waals surface area contributed by atoms with E-state index in [1.165, 1.54) is 0 Å². The van der Waals surface area contributed by atoms with Crippen molar-refractivity contribution >= 4 is 40.5 Å². The molecule has 0 unspecified atom stereocenters. The van der Waals surface area contributed by atoms with Gasteiger partial charge < -0.3 is 10.6 Å². The molecule has 0 aliphatic rings. The van der Waals surface area contributed by atoms with Crippen LogP contribution in [0.3, 0.4) is 0 Å². The number of nitrogens with zero attached hydrogens (tertiary/aromatic N) is 2. The van der Waals surface area contributed by atoms with Crippen molar-refractivity contribution in [2.45, 2.75) is 13.8 Å². The van der Waals surface area contributed by atoms with Crippen LogP contribution >= 0.6 is 11.6 Å². The van der Waals surface area contributed by atoms with Crippen LogP contribution in [0.2, 0.25) is 5.02 Å². The van der Waals surface area contributed by atoms with Crippen LogP contribution in [0.1, 0.15) is 22.8 Å². The second kappa shape index (κ2) is 7.32. The SMILES string of the molecule is CC(=O)c1cccc(Nc2ccnc(Nc3ccc(Cl)cc3C)n2)c1. The number of nitrogens with one attached hydrogen (secondary N) is 2. The zero-order chi connectivity index (χ0) is 17.8. The van der Waals surface area contributed by atoms with Gasteiger partial charge in [0.25, 0.3) is 0 Å². The zero-order valence-electron chi connectivity index (χ0n) is 13.9. The van der Waals surface area contributed by atoms with E-state index in [1.807, 2.05) is 37.3 Å². The monoisotopic (exact) mass is 352 g/mol. The van der Waals surface area contributed by atoms with Gasteiger partial charge in [0.1, 0.15) is 5.82 Å². The second-order valence-electron chi connectivity index (χ2n) is 5.61. The van der Waals surface area contributed by atoms with Gasteiger partial charge in [-0.1, -0.05) is 23.7 Å². The van der Waals surface area contributed by atoms with Crippen LogP contribution in [-0.4, -0.2) is 15.8 Å². The molecule has 3 rings (SSSR count). The van der Waals surface area contributed by atoms with Crippen molar-refractivity contribution in [2.75, 3.05) is 10.6 Å². The first-order chi connectivity index (χ1) is 12.0. The predicted molar refractivity (Wildman–Crippen MR) is 101 cm³/mol. The van der Waals surface area contributed by atoms with Crippen LogP contribution in [0.25, 0.3) is 0 Å². The molecular weight excluding hydrogens is 336 g/mol. The first kappa shape index (κ1) is 16.9. The molecule has 3 aromatic rings. The van der Waals surface area contributed by atoms with Crippen LogP contribution in [0.5, 0.6) is 0 Å². The number of Topliss-reactive ketones (excluding diaryl/α,β-unsaturated/α-hetero) is 1. The smallest absolute Gasteiger partial charge is 0.229 e. The maximum atomic E-state index is 11.5. The van der Waals surface area contributed by atoms with E-state index in [1.54, 1.807) is 31.3 Å². The lowest BCUT2D eigenvalue weighted by molar-refractivity contribution is 0.101. The normalized spacial score (nSPS) is 10.4. The van der Waals surface area contributed by atoms with Crippen molar-refractivity contribution in [2.24, 2.45) is 0 Å². The second-order valence-corrected chi connectivity index (χ2v) is 6.05. The number of aromatic nitrogens is 2. The van der Waals surface area contributed by atoms with Crippen molar-refractivity contribution in [3.63, 3.8) is 0 Å². The molecule has 1 aromatic heterocycles. The number of carbonyl (C=O) groups is 1. The summed E-state index contributed by atoms with van der Waals surface area (Å²) in [4.78, 5) is 20.2. The van der Waals surface area contributed by atoms with Crippen LogP contribution < -0.4 is 10.6 Å². The highest BCUT2D eigenvalue weighted by Gasteiger charge is 2.05. The Morgan fingerprint density at radius 3 is 2.68 bits per heavy atom. The Balaban J connectivity index is 1.79. The van der Waals surface area contributed by atoms with Gasteiger partial charge >= 0.3 is 0 Å². The van der Waals surface area contributed by atoms with Gasteiger partial charge in [-0.2, -0.15) is 4.98 Å². The molecule has 25 heavy (non-hydrogen) atoms. The number of anilines is 4. The van der Waals surface area contributed by atoms with E-state index in [-0.39, 0.29) is 5.78 Å². The first-order valence-corrected chi connectivity index (χ1v) is 8.13. The zero-order valence-corrected chi connectivity index (χ0v) is 14.6. The van der Waals surface area contributed by atoms with E-state index in [0.29, 0.717) is 22.4 Å². The van der Waals surface area contributed by atoms with Crippen LogP contribution in [-0.2, 0) is 0 Å². The summed E-state index contributed by atoms with van der Waals surface area (Å²) in [5, 5.41) is 7.05. The van der Waals surface area contributed by atoms with Gasteiger partial charge in [-0.05, 0) is 55.8 Å². The summed E-state index contributed by atoms with van der Waals surface area (Å²) >= 11 is 5.98. The summed E-state index contributed by atoms with van der Waals surface area (Å²) in [6.07, 6.45) is 1.66. The molecule has 0 fully saturated rings. The number of halogens is 1. The Morgan fingerprint density at radius 1 is 1.08 bits per heavy atom. The number of ketones is 1. The predicted octanol–water partition coefficient (Wildman–Crippen LogP) is 5.13. The molecule has 0 spiro atoms. The van der Waals surface area contributed by atoms with Gasteiger partial charge in [-0.3, -0.25) is 4.79 Å². The summed E-state index contributed by atoms with van der Waals surface area (Å²) in [7, 11) is 0. The number of hydrogen-bond donors (Lipinski definition) is 2. The molecule has 6 heteroatoms. The Labute approximate surface area is 151 Å². The van der Waals surface area contributed by atoms with Crippen molar-refractivity contribution in [3.05, 3.63) is 70.9 Å². The molecular formula is C19H17ClN4O. The maximum Gasteiger partial charge on any atom is 0.229 e. The van der Waals surface area contributed by atoms with E-state index in [4.69, 9.17) is 11.6 Å². The quantitative estimate of drug-likeness (QED) is 0.623. The highest BCUT2D eigenvalue weighted by atomic mass is 35.5. The summed E-state index contributed by atoms with van der Waals surface area (Å²) < 4.78 is 0. The molecule has 0 amide bonds. The molecule has 0 bridgehead atoms. The van der Waals surface area contributed by atoms with Gasteiger partial charge in [0, 0.05) is 28.2 Å². The summed E-state index contributed by atoms with van der Waals surface area (Å²) in [6, 6.07) is 14.6. The molecule has 0 atom stereocenters. The lowest BCUT2D eigenvalue weighted by Gasteiger charge is -2.10. The van der Waals surface area contributed by atoms with Crippen molar-refractivity contribution in [1.82, 2.24) is 9.97 Å². The van der Waals surface area contributed by atoms with Gasteiger partial charge in [-0.25, -0.2) is 4.98 Å². The highest BCUT2D eigenvalue weighted by molar-refractivity contribution is 6.30. The molecule has 2 aromatic carbocycles. The van der Waals surface area contributed by atoms with Crippen LogP contribution in [0.4, 0.5) is 23.1 Å². The van der Waals surface area contributed by atoms with Crippen LogP contribution in [0.15, 0.2) is 54.7 Å². The Bertz CT molecular complexity index is 927. The molecule has 0 saturated carbocycles. The molecule has 0 radical (unpaired) electrons. The average molecular weight is 353 g/mol. The number of hydrogen-bond acceptors (Lipinski definition) is 5. The minimum absolute atomic E-state index is 0.0203. The van der Waals surface area contributed by atoms with E-state index in [9.17, 15) is 4.79 Å². The van der Waals surface area contributed by atoms with Gasteiger partial charge in [-0.15, -0.1) is 0 Å². The van der Waals surface area contributed by atoms with Gasteiger partial charge in [0.15, 0.2) is 5.78 Å². The van der Waals surface area contributed by atoms with E-state index in [2.05, 4.69) is 20.6 Å². The fraction of sp³-hybridized carbons (Fsp3) is 0.105. The van der Waals surface area contributed by atoms with Crippen molar-refractivity contribution in [3.8, 4) is 0 Å². The summed E-state index contributed by atoms with van der Waals surface area (Å²) in [6.45, 7) is 3.50. The lowest BCUT2D eigenvalue weighted by atomic mass is 10.1. The third-order valence-electron chi connectivity index (χ3n) is 3.63. The number of rotatable bonds is 5. The molecule has 2 N–H and O–H groups in total. The Hall–Kier alpha value is -2.92. The molecule has 0 aliphatic heterocycles. The number of carbonyl (C=O) groups excluding carboxylic acids is 1. The Kier molecular flexibility index (Phi) is 4.95. The topological polar surface area (TPSA) is 66.9 Å². The van der Waals surface area contributed by atoms with E-state index in [0.717, 1.165) is 16.9 Å². The van der Waals surface area contributed by atoms with Crippen molar-refractivity contribution in [1.29, 1.82) is 0 Å². The van der Waals surface area contributed by atoms with E-state index < -0.39 is 0 Å². The summed E-state index contributed by atoms with van der Waals surface area (Å²) in [5.41, 5.74) is 3.33. The average Bonchev–Trinajstić information content (AvgIpc) is 2.58. The number of aryl methyl sites for hydroxylation is 1. The third kappa shape index (κ3) is 4.33. The van der Waals surface area contributed by atoms with Crippen molar-refractivity contribution < 1.29 is 4.79 Å². The third-order valence-corrected chi connectivity index (χ3v) is 3.87. The molecule has 1 heterocycles. The standard InChI is InChI=1S/C19H17ClN4O/c1-12-10-15(20)6-7-17(12)23-19-21-9-8-18(24-19)22-16-5-3-4-14(11-16)13(2)25/h3-11H,1-2H3,(H2,21,22,23,24). The minimum Gasteiger partial charge on any atom is -0.340 e. The molecule has 0 saturated heterocycles. The first-order valence-electron chi connectivity index (χ1n) is 7.75. The summed E-state index contributed by atoms with van der Waals surface area (Å²) in [5.74, 6) is 1.12. The lowest BCUT2D eigenvalue weighted by Crippen LogP contribution is -2.02. The molecule has 5 nitrogen and oxygen atoms in total. The highest BCUT2D eigenvalue weighted by Crippen LogP contribution is 2.23. The van der Waals surface area contributed by atoms with E-state index >= 15 is 0 Å². The minimum atomic E-state index is 0.0203. The largest absolute Gasteiger partial charge is 0.340 e. The Morgan fingerprint density at radius 2 is 1.92 bits per heavy atom. The van der Waals surface area contributed by atoms with Gasteiger partial charge in [0.05, 0.1) is 0 Å². The van der Waals surface area contributed by atoms with Crippen LogP contribution in [0, 0.1) is 6.92 Å². The molecule has 126 valence electrons. The molecule has 0 aliphatic carbocycles. The fourth-order valence-electron chi connectivity index (χ4n) is 2.34.